The molecule has 0 bridgehead atoms. The molecule has 0 saturated heterocycles. The highest BCUT2D eigenvalue weighted by atomic mass is 16.1. The number of pyridine rings is 1. The maximum absolute atomic E-state index is 11.7. The van der Waals surface area contributed by atoms with Crippen molar-refractivity contribution in [3.8, 4) is 0 Å². The summed E-state index contributed by atoms with van der Waals surface area (Å²) in [5, 5.41) is 0. The average molecular weight is 204 g/mol. The topological polar surface area (TPSA) is 56.0 Å². The molecule has 1 heterocycles. The molecule has 1 amide bonds. The van der Waals surface area contributed by atoms with E-state index < -0.39 is 5.41 Å². The second-order valence-electron chi connectivity index (χ2n) is 4.25. The molecule has 2 N–H and O–H groups in total. The first-order valence-corrected chi connectivity index (χ1v) is 5.46. The fourth-order valence-electron chi connectivity index (χ4n) is 2.48. The molecule has 1 aliphatic rings. The van der Waals surface area contributed by atoms with Crippen LogP contribution in [0, 0.1) is 0 Å². The van der Waals surface area contributed by atoms with Gasteiger partial charge in [-0.05, 0) is 24.5 Å². The standard InChI is InChI=1S/C12H16N2O/c13-11(15)12(6-2-1-3-7-12)10-5-4-8-14-9-10/h4-5,8-9H,1-3,6-7H2,(H2,13,15). The minimum atomic E-state index is -0.452. The first-order chi connectivity index (χ1) is 7.26. The van der Waals surface area contributed by atoms with Crippen LogP contribution < -0.4 is 5.73 Å². The predicted molar refractivity (Wildman–Crippen MR) is 58.2 cm³/mol. The number of carbonyl (C=O) groups is 1. The van der Waals surface area contributed by atoms with E-state index in [4.69, 9.17) is 5.73 Å². The molecular formula is C12H16N2O. The summed E-state index contributed by atoms with van der Waals surface area (Å²) in [6, 6.07) is 3.83. The normalized spacial score (nSPS) is 19.7. The lowest BCUT2D eigenvalue weighted by molar-refractivity contribution is -0.124. The van der Waals surface area contributed by atoms with Crippen LogP contribution >= 0.6 is 0 Å². The fraction of sp³-hybridized carbons (Fsp3) is 0.500. The summed E-state index contributed by atoms with van der Waals surface area (Å²) in [6.45, 7) is 0. The van der Waals surface area contributed by atoms with Gasteiger partial charge in [0.2, 0.25) is 5.91 Å². The SMILES string of the molecule is NC(=O)C1(c2cccnc2)CCCCC1. The Morgan fingerprint density at radius 2 is 2.07 bits per heavy atom. The summed E-state index contributed by atoms with van der Waals surface area (Å²) in [7, 11) is 0. The van der Waals surface area contributed by atoms with Crippen LogP contribution in [0.25, 0.3) is 0 Å². The molecule has 0 unspecified atom stereocenters. The molecule has 3 nitrogen and oxygen atoms in total. The Hall–Kier alpha value is -1.38. The van der Waals surface area contributed by atoms with E-state index in [1.54, 1.807) is 12.4 Å². The number of amides is 1. The zero-order valence-electron chi connectivity index (χ0n) is 8.78. The van der Waals surface area contributed by atoms with E-state index in [0.29, 0.717) is 0 Å². The summed E-state index contributed by atoms with van der Waals surface area (Å²) >= 11 is 0. The molecule has 1 aromatic heterocycles. The van der Waals surface area contributed by atoms with Crippen molar-refractivity contribution < 1.29 is 4.79 Å². The van der Waals surface area contributed by atoms with Crippen molar-refractivity contribution in [1.29, 1.82) is 0 Å². The lowest BCUT2D eigenvalue weighted by atomic mass is 9.69. The smallest absolute Gasteiger partial charge is 0.228 e. The molecule has 1 aromatic rings. The molecular weight excluding hydrogens is 188 g/mol. The number of carbonyl (C=O) groups excluding carboxylic acids is 1. The van der Waals surface area contributed by atoms with Crippen molar-refractivity contribution >= 4 is 5.91 Å². The summed E-state index contributed by atoms with van der Waals surface area (Å²) in [4.78, 5) is 15.8. The first kappa shape index (κ1) is 10.1. The van der Waals surface area contributed by atoms with Gasteiger partial charge in [0.15, 0.2) is 0 Å². The zero-order valence-corrected chi connectivity index (χ0v) is 8.78. The minimum Gasteiger partial charge on any atom is -0.369 e. The third-order valence-corrected chi connectivity index (χ3v) is 3.39. The first-order valence-electron chi connectivity index (χ1n) is 5.46. The third-order valence-electron chi connectivity index (χ3n) is 3.39. The minimum absolute atomic E-state index is 0.199. The van der Waals surface area contributed by atoms with Gasteiger partial charge in [0.25, 0.3) is 0 Å². The Balaban J connectivity index is 2.38. The van der Waals surface area contributed by atoms with Gasteiger partial charge in [-0.15, -0.1) is 0 Å². The van der Waals surface area contributed by atoms with Crippen LogP contribution in [0.5, 0.6) is 0 Å². The van der Waals surface area contributed by atoms with E-state index >= 15 is 0 Å². The van der Waals surface area contributed by atoms with Gasteiger partial charge in [-0.25, -0.2) is 0 Å². The number of hydrogen-bond acceptors (Lipinski definition) is 2. The van der Waals surface area contributed by atoms with Gasteiger partial charge in [0.1, 0.15) is 0 Å². The summed E-state index contributed by atoms with van der Waals surface area (Å²) in [6.07, 6.45) is 8.60. The largest absolute Gasteiger partial charge is 0.369 e. The highest BCUT2D eigenvalue weighted by Gasteiger charge is 2.39. The van der Waals surface area contributed by atoms with E-state index in [-0.39, 0.29) is 5.91 Å². The van der Waals surface area contributed by atoms with E-state index in [9.17, 15) is 4.79 Å². The zero-order chi connectivity index (χ0) is 10.7. The molecule has 1 saturated carbocycles. The van der Waals surface area contributed by atoms with E-state index in [0.717, 1.165) is 31.2 Å². The van der Waals surface area contributed by atoms with Crippen molar-refractivity contribution in [3.05, 3.63) is 30.1 Å². The van der Waals surface area contributed by atoms with Crippen LogP contribution in [-0.2, 0) is 10.2 Å². The Labute approximate surface area is 89.7 Å². The third kappa shape index (κ3) is 1.74. The number of nitrogens with zero attached hydrogens (tertiary/aromatic N) is 1. The molecule has 0 aromatic carbocycles. The Bertz CT molecular complexity index is 342. The van der Waals surface area contributed by atoms with E-state index in [1.807, 2.05) is 12.1 Å². The highest BCUT2D eigenvalue weighted by Crippen LogP contribution is 2.38. The summed E-state index contributed by atoms with van der Waals surface area (Å²) in [5.41, 5.74) is 6.10. The molecule has 80 valence electrons. The molecule has 0 atom stereocenters. The van der Waals surface area contributed by atoms with Crippen molar-refractivity contribution in [2.75, 3.05) is 0 Å². The van der Waals surface area contributed by atoms with Gasteiger partial charge < -0.3 is 5.73 Å². The van der Waals surface area contributed by atoms with Crippen LogP contribution in [0.15, 0.2) is 24.5 Å². The predicted octanol–water partition coefficient (Wildman–Crippen LogP) is 1.77. The van der Waals surface area contributed by atoms with Gasteiger partial charge in [-0.2, -0.15) is 0 Å². The van der Waals surface area contributed by atoms with E-state index in [1.165, 1.54) is 6.42 Å². The quantitative estimate of drug-likeness (QED) is 0.798. The van der Waals surface area contributed by atoms with Crippen molar-refractivity contribution in [2.45, 2.75) is 37.5 Å². The molecule has 15 heavy (non-hydrogen) atoms. The molecule has 0 spiro atoms. The Morgan fingerprint density at radius 3 is 2.60 bits per heavy atom. The number of hydrogen-bond donors (Lipinski definition) is 1. The molecule has 0 aliphatic heterocycles. The number of rotatable bonds is 2. The van der Waals surface area contributed by atoms with Crippen LogP contribution in [-0.4, -0.2) is 10.9 Å². The molecule has 2 rings (SSSR count). The molecule has 0 radical (unpaired) electrons. The molecule has 1 aliphatic carbocycles. The van der Waals surface area contributed by atoms with Gasteiger partial charge >= 0.3 is 0 Å². The van der Waals surface area contributed by atoms with Crippen LogP contribution in [0.3, 0.4) is 0 Å². The lowest BCUT2D eigenvalue weighted by Crippen LogP contribution is -2.42. The highest BCUT2D eigenvalue weighted by molar-refractivity contribution is 5.86. The van der Waals surface area contributed by atoms with Crippen LogP contribution in [0.1, 0.15) is 37.7 Å². The average Bonchev–Trinajstić information content (AvgIpc) is 2.31. The Morgan fingerprint density at radius 1 is 1.33 bits per heavy atom. The van der Waals surface area contributed by atoms with Crippen molar-refractivity contribution in [1.82, 2.24) is 4.98 Å². The van der Waals surface area contributed by atoms with E-state index in [2.05, 4.69) is 4.98 Å². The van der Waals surface area contributed by atoms with Gasteiger partial charge in [0.05, 0.1) is 5.41 Å². The summed E-state index contributed by atoms with van der Waals surface area (Å²) < 4.78 is 0. The number of primary amides is 1. The second-order valence-corrected chi connectivity index (χ2v) is 4.25. The van der Waals surface area contributed by atoms with Crippen LogP contribution in [0.2, 0.25) is 0 Å². The van der Waals surface area contributed by atoms with Gasteiger partial charge in [-0.1, -0.05) is 25.3 Å². The maximum Gasteiger partial charge on any atom is 0.228 e. The Kier molecular flexibility index (Phi) is 2.71. The fourth-order valence-corrected chi connectivity index (χ4v) is 2.48. The lowest BCUT2D eigenvalue weighted by Gasteiger charge is -2.34. The number of nitrogens with two attached hydrogens (primary N) is 1. The molecule has 1 fully saturated rings. The summed E-state index contributed by atoms with van der Waals surface area (Å²) in [5.74, 6) is -0.199. The van der Waals surface area contributed by atoms with Gasteiger partial charge in [0, 0.05) is 12.4 Å². The maximum atomic E-state index is 11.7. The number of aromatic nitrogens is 1. The molecule has 3 heteroatoms. The van der Waals surface area contributed by atoms with Gasteiger partial charge in [-0.3, -0.25) is 9.78 Å². The monoisotopic (exact) mass is 204 g/mol. The van der Waals surface area contributed by atoms with Crippen LogP contribution in [0.4, 0.5) is 0 Å². The van der Waals surface area contributed by atoms with Crippen molar-refractivity contribution in [2.24, 2.45) is 5.73 Å². The second kappa shape index (κ2) is 4.01. The van der Waals surface area contributed by atoms with Crippen molar-refractivity contribution in [3.63, 3.8) is 0 Å².